The highest BCUT2D eigenvalue weighted by Crippen LogP contribution is 2.40. The van der Waals surface area contributed by atoms with Gasteiger partial charge in [0.05, 0.1) is 10.5 Å². The highest BCUT2D eigenvalue weighted by molar-refractivity contribution is 6.31. The van der Waals surface area contributed by atoms with Gasteiger partial charge in [0.25, 0.3) is 11.2 Å². The molecular formula is C36H35ClN4O6. The molecule has 2 atom stereocenters. The molecular weight excluding hydrogens is 620 g/mol. The summed E-state index contributed by atoms with van der Waals surface area (Å²) in [7, 11) is 0. The molecule has 2 amide bonds. The van der Waals surface area contributed by atoms with E-state index in [1.807, 2.05) is 65.6 Å². The van der Waals surface area contributed by atoms with Crippen LogP contribution in [-0.4, -0.2) is 57.5 Å². The molecule has 0 bridgehead atoms. The third-order valence-electron chi connectivity index (χ3n) is 9.18. The molecule has 3 heterocycles. The molecule has 11 heteroatoms. The van der Waals surface area contributed by atoms with Crippen LogP contribution in [-0.2, 0) is 22.6 Å². The van der Waals surface area contributed by atoms with Crippen LogP contribution in [0.3, 0.4) is 0 Å². The number of nitro benzene ring substituents is 1. The fraction of sp³-hybridized carbons (Fsp3) is 0.306. The molecule has 0 saturated carbocycles. The number of benzene rings is 3. The van der Waals surface area contributed by atoms with E-state index in [4.69, 9.17) is 16.3 Å². The first-order chi connectivity index (χ1) is 22.7. The van der Waals surface area contributed by atoms with Crippen LogP contribution in [0.2, 0.25) is 5.02 Å². The van der Waals surface area contributed by atoms with Crippen molar-refractivity contribution in [3.05, 3.63) is 134 Å². The molecule has 2 unspecified atom stereocenters. The number of nitrogens with zero attached hydrogens (tertiary/aromatic N) is 4. The topological polar surface area (TPSA) is 115 Å². The molecule has 0 N–H and O–H groups in total. The number of aromatic nitrogens is 1. The maximum absolute atomic E-state index is 14.3. The summed E-state index contributed by atoms with van der Waals surface area (Å²) in [6.45, 7) is 2.29. The van der Waals surface area contributed by atoms with Gasteiger partial charge in [-0.15, -0.1) is 0 Å². The Kier molecular flexibility index (Phi) is 9.40. The predicted molar refractivity (Wildman–Crippen MR) is 178 cm³/mol. The molecule has 2 fully saturated rings. The fourth-order valence-electron chi connectivity index (χ4n) is 6.80. The maximum Gasteiger partial charge on any atom is 0.410 e. The number of ether oxygens (including phenoxy) is 1. The van der Waals surface area contributed by atoms with Crippen LogP contribution in [0.15, 0.2) is 102 Å². The third kappa shape index (κ3) is 7.23. The molecule has 10 nitrogen and oxygen atoms in total. The lowest BCUT2D eigenvalue weighted by Gasteiger charge is -2.40. The summed E-state index contributed by atoms with van der Waals surface area (Å²) >= 11 is 6.14. The number of halogens is 1. The van der Waals surface area contributed by atoms with Crippen LogP contribution in [0.25, 0.3) is 11.1 Å². The molecule has 2 aliphatic rings. The number of piperidine rings is 1. The lowest BCUT2D eigenvalue weighted by Crippen LogP contribution is -2.48. The summed E-state index contributed by atoms with van der Waals surface area (Å²) < 4.78 is 7.02. The number of hydrogen-bond donors (Lipinski definition) is 0. The van der Waals surface area contributed by atoms with Crippen molar-refractivity contribution in [2.24, 2.45) is 5.41 Å². The summed E-state index contributed by atoms with van der Waals surface area (Å²) in [5.74, 6) is -0.182. The molecule has 6 rings (SSSR count). The van der Waals surface area contributed by atoms with Crippen molar-refractivity contribution in [2.75, 3.05) is 26.2 Å². The number of rotatable bonds is 8. The second-order valence-electron chi connectivity index (χ2n) is 12.4. The summed E-state index contributed by atoms with van der Waals surface area (Å²) in [6, 6.07) is 25.3. The fourth-order valence-corrected chi connectivity index (χ4v) is 6.97. The Morgan fingerprint density at radius 1 is 0.894 bits per heavy atom. The predicted octanol–water partition coefficient (Wildman–Crippen LogP) is 6.51. The Morgan fingerprint density at radius 2 is 1.60 bits per heavy atom. The quantitative estimate of drug-likeness (QED) is 0.158. The van der Waals surface area contributed by atoms with Gasteiger partial charge in [0.15, 0.2) is 0 Å². The van der Waals surface area contributed by atoms with Crippen LogP contribution in [0.1, 0.15) is 36.4 Å². The molecule has 242 valence electrons. The van der Waals surface area contributed by atoms with Crippen LogP contribution in [0, 0.1) is 15.5 Å². The molecule has 4 aromatic rings. The van der Waals surface area contributed by atoms with E-state index >= 15 is 0 Å². The number of nitro groups is 1. The zero-order valence-corrected chi connectivity index (χ0v) is 26.6. The van der Waals surface area contributed by atoms with Crippen molar-refractivity contribution < 1.29 is 19.2 Å². The zero-order chi connectivity index (χ0) is 33.0. The van der Waals surface area contributed by atoms with Gasteiger partial charge < -0.3 is 19.1 Å². The van der Waals surface area contributed by atoms with E-state index < -0.39 is 16.5 Å². The normalized spacial score (nSPS) is 18.2. The lowest BCUT2D eigenvalue weighted by molar-refractivity contribution is -0.384. The van der Waals surface area contributed by atoms with Gasteiger partial charge in [0.2, 0.25) is 5.91 Å². The van der Waals surface area contributed by atoms with Gasteiger partial charge >= 0.3 is 6.09 Å². The third-order valence-corrected chi connectivity index (χ3v) is 9.42. The summed E-state index contributed by atoms with van der Waals surface area (Å²) in [5, 5.41) is 12.0. The average Bonchev–Trinajstić information content (AvgIpc) is 3.49. The molecule has 1 spiro atoms. The Morgan fingerprint density at radius 3 is 2.30 bits per heavy atom. The molecule has 2 saturated heterocycles. The first-order valence-corrected chi connectivity index (χ1v) is 16.0. The molecule has 0 aliphatic carbocycles. The smallest absolute Gasteiger partial charge is 0.410 e. The van der Waals surface area contributed by atoms with Crippen LogP contribution in [0.4, 0.5) is 10.5 Å². The van der Waals surface area contributed by atoms with Crippen molar-refractivity contribution in [1.82, 2.24) is 14.4 Å². The van der Waals surface area contributed by atoms with E-state index in [0.717, 1.165) is 30.4 Å². The van der Waals surface area contributed by atoms with Crippen LogP contribution >= 0.6 is 11.6 Å². The van der Waals surface area contributed by atoms with Crippen molar-refractivity contribution in [3.63, 3.8) is 0 Å². The van der Waals surface area contributed by atoms with Gasteiger partial charge in [-0.3, -0.25) is 19.7 Å². The molecule has 3 aromatic carbocycles. The van der Waals surface area contributed by atoms with E-state index in [0.29, 0.717) is 36.8 Å². The number of carbonyl (C=O) groups excluding carboxylic acids is 2. The van der Waals surface area contributed by atoms with Crippen molar-refractivity contribution >= 4 is 29.3 Å². The molecule has 0 radical (unpaired) electrons. The minimum atomic E-state index is -0.834. The SMILES string of the molecule is O=C(OCc1ccccc1)N1CCCC2(CCN(C(=O)C(Cc3ccccc3)n3ccc(-c4cc(Cl)ccc4[N+](=O)[O-])cc3=O)C2)C1. The minimum absolute atomic E-state index is 0.170. The van der Waals surface area contributed by atoms with E-state index in [9.17, 15) is 24.5 Å². The van der Waals surface area contributed by atoms with Gasteiger partial charge in [-0.1, -0.05) is 72.3 Å². The lowest BCUT2D eigenvalue weighted by atomic mass is 9.79. The molecule has 2 aliphatic heterocycles. The molecule has 1 aromatic heterocycles. The van der Waals surface area contributed by atoms with E-state index in [2.05, 4.69) is 0 Å². The van der Waals surface area contributed by atoms with Crippen LogP contribution in [0.5, 0.6) is 0 Å². The van der Waals surface area contributed by atoms with Gasteiger partial charge in [-0.05, 0) is 54.2 Å². The Balaban J connectivity index is 1.22. The number of carbonyl (C=O) groups is 2. The van der Waals surface area contributed by atoms with Gasteiger partial charge in [0, 0.05) is 61.4 Å². The monoisotopic (exact) mass is 654 g/mol. The first kappa shape index (κ1) is 32.0. The van der Waals surface area contributed by atoms with E-state index in [1.54, 1.807) is 11.0 Å². The van der Waals surface area contributed by atoms with Crippen molar-refractivity contribution in [1.29, 1.82) is 0 Å². The van der Waals surface area contributed by atoms with E-state index in [-0.39, 0.29) is 41.7 Å². The van der Waals surface area contributed by atoms with Gasteiger partial charge in [0.1, 0.15) is 12.6 Å². The highest BCUT2D eigenvalue weighted by Gasteiger charge is 2.45. The van der Waals surface area contributed by atoms with E-state index in [1.165, 1.54) is 35.0 Å². The zero-order valence-electron chi connectivity index (χ0n) is 25.8. The Hall–Kier alpha value is -4.96. The highest BCUT2D eigenvalue weighted by atomic mass is 35.5. The summed E-state index contributed by atoms with van der Waals surface area (Å²) in [6.07, 6.45) is 3.90. The maximum atomic E-state index is 14.3. The minimum Gasteiger partial charge on any atom is -0.445 e. The molecule has 47 heavy (non-hydrogen) atoms. The second-order valence-corrected chi connectivity index (χ2v) is 12.8. The Labute approximate surface area is 277 Å². The number of amides is 2. The van der Waals surface area contributed by atoms with Crippen LogP contribution < -0.4 is 5.56 Å². The van der Waals surface area contributed by atoms with Gasteiger partial charge in [-0.25, -0.2) is 4.79 Å². The number of likely N-dealkylation sites (tertiary alicyclic amines) is 2. The van der Waals surface area contributed by atoms with Crippen molar-refractivity contribution in [2.45, 2.75) is 38.3 Å². The van der Waals surface area contributed by atoms with Gasteiger partial charge in [-0.2, -0.15) is 0 Å². The number of pyridine rings is 1. The summed E-state index contributed by atoms with van der Waals surface area (Å²) in [4.78, 5) is 55.7. The summed E-state index contributed by atoms with van der Waals surface area (Å²) in [5.41, 5.74) is 1.50. The largest absolute Gasteiger partial charge is 0.445 e. The number of hydrogen-bond acceptors (Lipinski definition) is 6. The Bertz CT molecular complexity index is 1830. The average molecular weight is 655 g/mol. The second kappa shape index (κ2) is 13.8. The standard InChI is InChI=1S/C36H35ClN4O6/c37-29-12-13-31(41(45)46)30(22-29)28-14-18-40(33(42)21-28)32(20-26-8-3-1-4-9-26)34(43)38-19-16-36(24-38)15-7-17-39(25-36)35(44)47-23-27-10-5-2-6-11-27/h1-6,8-14,18,21-22,32H,7,15-17,19-20,23-25H2. The van der Waals surface area contributed by atoms with Crippen molar-refractivity contribution in [3.8, 4) is 11.1 Å². The first-order valence-electron chi connectivity index (χ1n) is 15.7.